The summed E-state index contributed by atoms with van der Waals surface area (Å²) in [6.07, 6.45) is 1.56. The van der Waals surface area contributed by atoms with Crippen molar-refractivity contribution in [1.29, 1.82) is 0 Å². The number of aromatic nitrogens is 1. The highest BCUT2D eigenvalue weighted by atomic mass is 79.9. The quantitative estimate of drug-likeness (QED) is 0.600. The van der Waals surface area contributed by atoms with Crippen LogP contribution in [-0.2, 0) is 0 Å². The molecule has 0 bridgehead atoms. The van der Waals surface area contributed by atoms with Gasteiger partial charge in [-0.25, -0.2) is 10.8 Å². The number of nitrogens with one attached hydrogen (secondary N) is 2. The zero-order valence-corrected chi connectivity index (χ0v) is 11.9. The average Bonchev–Trinajstić information content (AvgIpc) is 2.43. The first-order valence-corrected chi connectivity index (χ1v) is 6.40. The minimum atomic E-state index is -0.267. The normalized spacial score (nSPS) is 10.1. The van der Waals surface area contributed by atoms with Gasteiger partial charge in [-0.15, -0.1) is 0 Å². The Morgan fingerprint density at radius 1 is 1.37 bits per heavy atom. The molecule has 0 spiro atoms. The summed E-state index contributed by atoms with van der Waals surface area (Å²) in [7, 11) is 0. The largest absolute Gasteiger partial charge is 0.322 e. The third-order valence-corrected chi connectivity index (χ3v) is 3.47. The fourth-order valence-electron chi connectivity index (χ4n) is 1.57. The molecule has 0 atom stereocenters. The van der Waals surface area contributed by atoms with Crippen LogP contribution in [0.4, 0.5) is 11.5 Å². The van der Waals surface area contributed by atoms with E-state index in [-0.39, 0.29) is 5.91 Å². The van der Waals surface area contributed by atoms with E-state index >= 15 is 0 Å². The Kier molecular flexibility index (Phi) is 4.13. The van der Waals surface area contributed by atoms with Gasteiger partial charge in [0.25, 0.3) is 5.91 Å². The summed E-state index contributed by atoms with van der Waals surface area (Å²) in [6, 6.07) is 8.94. The van der Waals surface area contributed by atoms with Gasteiger partial charge in [0.2, 0.25) is 0 Å². The van der Waals surface area contributed by atoms with E-state index in [2.05, 4.69) is 31.7 Å². The van der Waals surface area contributed by atoms with E-state index in [1.165, 1.54) is 0 Å². The zero-order valence-electron chi connectivity index (χ0n) is 10.3. The van der Waals surface area contributed by atoms with Crippen LogP contribution in [0.5, 0.6) is 0 Å². The van der Waals surface area contributed by atoms with Gasteiger partial charge in [-0.1, -0.05) is 22.0 Å². The van der Waals surface area contributed by atoms with Gasteiger partial charge in [0.15, 0.2) is 5.82 Å². The molecule has 1 heterocycles. The van der Waals surface area contributed by atoms with Gasteiger partial charge in [-0.2, -0.15) is 0 Å². The summed E-state index contributed by atoms with van der Waals surface area (Å²) in [5.74, 6) is 5.40. The Morgan fingerprint density at radius 2 is 2.16 bits per heavy atom. The van der Waals surface area contributed by atoms with E-state index in [0.717, 1.165) is 10.0 Å². The van der Waals surface area contributed by atoms with Crippen LogP contribution in [0.15, 0.2) is 41.0 Å². The molecule has 19 heavy (non-hydrogen) atoms. The summed E-state index contributed by atoms with van der Waals surface area (Å²) in [6.45, 7) is 1.98. The highest BCUT2D eigenvalue weighted by molar-refractivity contribution is 9.10. The first kappa shape index (κ1) is 13.5. The Balaban J connectivity index is 2.23. The summed E-state index contributed by atoms with van der Waals surface area (Å²) >= 11 is 3.42. The first-order chi connectivity index (χ1) is 9.11. The van der Waals surface area contributed by atoms with Crippen molar-refractivity contribution in [3.05, 3.63) is 52.1 Å². The molecule has 0 fully saturated rings. The molecule has 0 saturated carbocycles. The van der Waals surface area contributed by atoms with Crippen LogP contribution in [0.1, 0.15) is 15.9 Å². The lowest BCUT2D eigenvalue weighted by Crippen LogP contribution is -2.18. The molecule has 1 aromatic carbocycles. The van der Waals surface area contributed by atoms with Crippen molar-refractivity contribution in [2.24, 2.45) is 5.84 Å². The average molecular weight is 321 g/mol. The van der Waals surface area contributed by atoms with Crippen molar-refractivity contribution in [2.45, 2.75) is 6.92 Å². The lowest BCUT2D eigenvalue weighted by molar-refractivity contribution is 0.102. The first-order valence-electron chi connectivity index (χ1n) is 5.61. The summed E-state index contributed by atoms with van der Waals surface area (Å²) in [5.41, 5.74) is 4.60. The molecule has 0 radical (unpaired) electrons. The molecule has 0 aliphatic heterocycles. The van der Waals surface area contributed by atoms with E-state index in [0.29, 0.717) is 17.1 Å². The molecule has 2 aromatic rings. The van der Waals surface area contributed by atoms with Gasteiger partial charge in [0, 0.05) is 16.4 Å². The van der Waals surface area contributed by atoms with Crippen molar-refractivity contribution in [1.82, 2.24) is 4.98 Å². The van der Waals surface area contributed by atoms with Crippen LogP contribution in [0.25, 0.3) is 0 Å². The number of carbonyl (C=O) groups excluding carboxylic acids is 1. The van der Waals surface area contributed by atoms with Crippen LogP contribution >= 0.6 is 15.9 Å². The molecule has 5 nitrogen and oxygen atoms in total. The summed E-state index contributed by atoms with van der Waals surface area (Å²) in [5, 5.41) is 2.80. The zero-order chi connectivity index (χ0) is 13.8. The van der Waals surface area contributed by atoms with E-state index < -0.39 is 0 Å². The number of pyridine rings is 1. The number of nitrogens with zero attached hydrogens (tertiary/aromatic N) is 1. The lowest BCUT2D eigenvalue weighted by Gasteiger charge is -2.09. The van der Waals surface area contributed by atoms with Crippen LogP contribution in [-0.4, -0.2) is 10.9 Å². The topological polar surface area (TPSA) is 80.0 Å². The number of hydrogen-bond acceptors (Lipinski definition) is 4. The van der Waals surface area contributed by atoms with E-state index in [1.54, 1.807) is 18.3 Å². The number of rotatable bonds is 3. The highest BCUT2D eigenvalue weighted by Crippen LogP contribution is 2.21. The van der Waals surface area contributed by atoms with Gasteiger partial charge >= 0.3 is 0 Å². The van der Waals surface area contributed by atoms with Crippen LogP contribution in [0, 0.1) is 6.92 Å². The van der Waals surface area contributed by atoms with Crippen molar-refractivity contribution in [2.75, 3.05) is 10.7 Å². The van der Waals surface area contributed by atoms with Gasteiger partial charge in [-0.3, -0.25) is 4.79 Å². The van der Waals surface area contributed by atoms with Gasteiger partial charge < -0.3 is 10.7 Å². The van der Waals surface area contributed by atoms with Crippen molar-refractivity contribution >= 4 is 33.3 Å². The number of hydrogen-bond donors (Lipinski definition) is 3. The number of amides is 1. The molecular weight excluding hydrogens is 308 g/mol. The van der Waals surface area contributed by atoms with E-state index in [9.17, 15) is 4.79 Å². The molecule has 0 aliphatic carbocycles. The molecular formula is C13H13BrN4O. The number of benzene rings is 1. The van der Waals surface area contributed by atoms with Crippen LogP contribution in [0.3, 0.4) is 0 Å². The standard InChI is InChI=1S/C13H13BrN4O/c1-8-4-5-9(7-11(8)14)17-13(19)10-3-2-6-16-12(10)18-15/h2-7H,15H2,1H3,(H,16,18)(H,17,19). The molecule has 0 saturated heterocycles. The second kappa shape index (κ2) is 5.81. The SMILES string of the molecule is Cc1ccc(NC(=O)c2cccnc2NN)cc1Br. The fourth-order valence-corrected chi connectivity index (χ4v) is 1.95. The minimum Gasteiger partial charge on any atom is -0.322 e. The Bertz CT molecular complexity index is 615. The van der Waals surface area contributed by atoms with Gasteiger partial charge in [0.05, 0.1) is 5.56 Å². The summed E-state index contributed by atoms with van der Waals surface area (Å²) in [4.78, 5) is 16.1. The van der Waals surface area contributed by atoms with E-state index in [4.69, 9.17) is 5.84 Å². The monoisotopic (exact) mass is 320 g/mol. The molecule has 0 aliphatic rings. The minimum absolute atomic E-state index is 0.267. The molecule has 4 N–H and O–H groups in total. The Hall–Kier alpha value is -1.92. The maximum absolute atomic E-state index is 12.1. The van der Waals surface area contributed by atoms with Crippen LogP contribution in [0.2, 0.25) is 0 Å². The maximum atomic E-state index is 12.1. The molecule has 1 aromatic heterocycles. The maximum Gasteiger partial charge on any atom is 0.259 e. The molecule has 0 unspecified atom stereocenters. The second-order valence-corrected chi connectivity index (χ2v) is 4.82. The third kappa shape index (κ3) is 3.10. The van der Waals surface area contributed by atoms with Gasteiger partial charge in [-0.05, 0) is 36.8 Å². The van der Waals surface area contributed by atoms with E-state index in [1.807, 2.05) is 25.1 Å². The number of carbonyl (C=O) groups is 1. The van der Waals surface area contributed by atoms with Crippen molar-refractivity contribution in [3.8, 4) is 0 Å². The van der Waals surface area contributed by atoms with Crippen molar-refractivity contribution < 1.29 is 4.79 Å². The molecule has 1 amide bonds. The molecule has 2 rings (SSSR count). The summed E-state index contributed by atoms with van der Waals surface area (Å²) < 4.78 is 0.939. The molecule has 6 heteroatoms. The number of anilines is 2. The Labute approximate surface area is 119 Å². The highest BCUT2D eigenvalue weighted by Gasteiger charge is 2.11. The third-order valence-electron chi connectivity index (χ3n) is 2.62. The Morgan fingerprint density at radius 3 is 2.84 bits per heavy atom. The number of halogens is 1. The predicted molar refractivity (Wildman–Crippen MR) is 78.9 cm³/mol. The predicted octanol–water partition coefficient (Wildman–Crippen LogP) is 2.69. The number of nitrogen functional groups attached to an aromatic ring is 1. The smallest absolute Gasteiger partial charge is 0.259 e. The number of aryl methyl sites for hydroxylation is 1. The number of nitrogens with two attached hydrogens (primary N) is 1. The van der Waals surface area contributed by atoms with Gasteiger partial charge in [0.1, 0.15) is 0 Å². The lowest BCUT2D eigenvalue weighted by atomic mass is 10.2. The second-order valence-electron chi connectivity index (χ2n) is 3.96. The molecule has 98 valence electrons. The van der Waals surface area contributed by atoms with Crippen LogP contribution < -0.4 is 16.6 Å². The van der Waals surface area contributed by atoms with Crippen molar-refractivity contribution in [3.63, 3.8) is 0 Å². The fraction of sp³-hybridized carbons (Fsp3) is 0.0769. The number of hydrazine groups is 1.